The number of halogens is 2. The number of carboxylic acids is 1. The Hall–Kier alpha value is -1.58. The lowest BCUT2D eigenvalue weighted by Gasteiger charge is -2.23. The highest BCUT2D eigenvalue weighted by molar-refractivity contribution is 6.27. The minimum absolute atomic E-state index is 0.0147. The lowest BCUT2D eigenvalue weighted by atomic mass is 10.2. The van der Waals surface area contributed by atoms with Crippen LogP contribution in [0.2, 0.25) is 0 Å². The third kappa shape index (κ3) is 4.34. The molecule has 2 aliphatic heterocycles. The second-order valence-corrected chi connectivity index (χ2v) is 6.45. The number of hydrogen-bond acceptors (Lipinski definition) is 6. The number of ether oxygens (including phenoxy) is 1. The molecule has 2 heterocycles. The van der Waals surface area contributed by atoms with Crippen LogP contribution >= 0.6 is 23.2 Å². The highest BCUT2D eigenvalue weighted by Gasteiger charge is 2.44. The first-order chi connectivity index (χ1) is 11.8. The predicted molar refractivity (Wildman–Crippen MR) is 85.2 cm³/mol. The van der Waals surface area contributed by atoms with E-state index in [1.807, 2.05) is 0 Å². The zero-order valence-electron chi connectivity index (χ0n) is 13.1. The molecule has 2 aliphatic rings. The Morgan fingerprint density at radius 3 is 2.04 bits per heavy atom. The molecule has 11 heteroatoms. The minimum atomic E-state index is -1.22. The van der Waals surface area contributed by atoms with Gasteiger partial charge in [0.2, 0.25) is 11.8 Å². The first-order valence-corrected chi connectivity index (χ1v) is 8.67. The molecule has 25 heavy (non-hydrogen) atoms. The largest absolute Gasteiger partial charge is 0.480 e. The first-order valence-electron chi connectivity index (χ1n) is 7.60. The Labute approximate surface area is 153 Å². The summed E-state index contributed by atoms with van der Waals surface area (Å²) < 4.78 is 5.29. The van der Waals surface area contributed by atoms with Crippen LogP contribution in [-0.2, 0) is 23.9 Å². The van der Waals surface area contributed by atoms with E-state index in [4.69, 9.17) is 27.9 Å². The van der Waals surface area contributed by atoms with Crippen molar-refractivity contribution in [2.75, 3.05) is 24.8 Å². The van der Waals surface area contributed by atoms with Crippen molar-refractivity contribution >= 4 is 47.0 Å². The summed E-state index contributed by atoms with van der Waals surface area (Å²) in [5.41, 5.74) is 0. The summed E-state index contributed by atoms with van der Waals surface area (Å²) >= 11 is 11.0. The topological polar surface area (TPSA) is 124 Å². The lowest BCUT2D eigenvalue weighted by Crippen LogP contribution is -2.43. The van der Waals surface area contributed by atoms with Crippen molar-refractivity contribution in [3.05, 3.63) is 0 Å². The van der Waals surface area contributed by atoms with Crippen LogP contribution in [0, 0.1) is 0 Å². The number of esters is 1. The highest BCUT2D eigenvalue weighted by Crippen LogP contribution is 2.25. The number of aliphatic hydroxyl groups is 1. The Kier molecular flexibility index (Phi) is 6.47. The van der Waals surface area contributed by atoms with Gasteiger partial charge in [0.05, 0.1) is 12.6 Å². The van der Waals surface area contributed by atoms with Crippen molar-refractivity contribution in [3.63, 3.8) is 0 Å². The monoisotopic (exact) mass is 396 g/mol. The molecule has 0 bridgehead atoms. The van der Waals surface area contributed by atoms with Crippen molar-refractivity contribution in [1.29, 1.82) is 0 Å². The average molecular weight is 397 g/mol. The molecule has 0 aromatic carbocycles. The van der Waals surface area contributed by atoms with Gasteiger partial charge in [-0.1, -0.05) is 0 Å². The smallest absolute Gasteiger partial charge is 0.329 e. The van der Waals surface area contributed by atoms with Gasteiger partial charge in [-0.25, -0.2) is 9.59 Å². The zero-order chi connectivity index (χ0) is 18.7. The van der Waals surface area contributed by atoms with E-state index in [1.54, 1.807) is 0 Å². The Morgan fingerprint density at radius 1 is 0.960 bits per heavy atom. The van der Waals surface area contributed by atoms with Gasteiger partial charge in [0.25, 0.3) is 0 Å². The van der Waals surface area contributed by atoms with Crippen LogP contribution in [0.5, 0.6) is 0 Å². The summed E-state index contributed by atoms with van der Waals surface area (Å²) in [6.45, 7) is -0.114. The third-order valence-corrected chi connectivity index (χ3v) is 4.71. The van der Waals surface area contributed by atoms with E-state index in [2.05, 4.69) is 0 Å². The summed E-state index contributed by atoms with van der Waals surface area (Å²) in [4.78, 5) is 49.3. The summed E-state index contributed by atoms with van der Waals surface area (Å²) in [6.07, 6.45) is -1.75. The van der Waals surface area contributed by atoms with Gasteiger partial charge >= 0.3 is 11.9 Å². The molecule has 0 aromatic heterocycles. The summed E-state index contributed by atoms with van der Waals surface area (Å²) in [7, 11) is 0. The van der Waals surface area contributed by atoms with Gasteiger partial charge in [-0.3, -0.25) is 9.59 Å². The van der Waals surface area contributed by atoms with Crippen molar-refractivity contribution < 1.29 is 34.1 Å². The number of carbonyl (C=O) groups excluding carboxylic acids is 3. The number of alkyl halides is 2. The molecule has 9 nitrogen and oxygen atoms in total. The first kappa shape index (κ1) is 19.7. The Bertz CT molecular complexity index is 573. The normalized spacial score (nSPS) is 28.9. The molecule has 2 fully saturated rings. The predicted octanol–water partition coefficient (Wildman–Crippen LogP) is -0.977. The standard InChI is InChI=1S/C14H18Cl2N2O7/c15-3-11(20)17-5-7(19)1-10(17)14(24)25-8-2-9(13(22)23)18(6-8)12(21)4-16/h7-10,19H,1-6H2,(H,22,23)/t7-,8-,9-,10-/m1/s1. The number of carbonyl (C=O) groups is 4. The maximum Gasteiger partial charge on any atom is 0.329 e. The second kappa shape index (κ2) is 8.20. The number of rotatable bonds is 5. The number of amides is 2. The summed E-state index contributed by atoms with van der Waals surface area (Å²) in [5, 5.41) is 18.9. The minimum Gasteiger partial charge on any atom is -0.480 e. The van der Waals surface area contributed by atoms with Crippen LogP contribution in [0.15, 0.2) is 0 Å². The second-order valence-electron chi connectivity index (χ2n) is 5.91. The van der Waals surface area contributed by atoms with Gasteiger partial charge in [-0.15, -0.1) is 23.2 Å². The molecular weight excluding hydrogens is 379 g/mol. The van der Waals surface area contributed by atoms with Gasteiger partial charge in [-0.2, -0.15) is 0 Å². The maximum absolute atomic E-state index is 12.4. The Morgan fingerprint density at radius 2 is 1.52 bits per heavy atom. The third-order valence-electron chi connectivity index (χ3n) is 4.25. The van der Waals surface area contributed by atoms with Crippen molar-refractivity contribution in [2.45, 2.75) is 37.1 Å². The average Bonchev–Trinajstić information content (AvgIpc) is 3.17. The molecule has 0 saturated carbocycles. The molecule has 0 unspecified atom stereocenters. The van der Waals surface area contributed by atoms with Crippen LogP contribution in [0.25, 0.3) is 0 Å². The van der Waals surface area contributed by atoms with E-state index < -0.39 is 48.0 Å². The van der Waals surface area contributed by atoms with Gasteiger partial charge < -0.3 is 24.7 Å². The van der Waals surface area contributed by atoms with E-state index in [1.165, 1.54) is 0 Å². The molecule has 2 N–H and O–H groups in total. The van der Waals surface area contributed by atoms with E-state index >= 15 is 0 Å². The van der Waals surface area contributed by atoms with E-state index in [0.717, 1.165) is 9.80 Å². The summed E-state index contributed by atoms with van der Waals surface area (Å²) in [5.74, 6) is -3.76. The fourth-order valence-corrected chi connectivity index (χ4v) is 3.41. The number of hydrogen-bond donors (Lipinski definition) is 2. The zero-order valence-corrected chi connectivity index (χ0v) is 14.6. The molecule has 2 amide bonds. The van der Waals surface area contributed by atoms with Crippen molar-refractivity contribution in [1.82, 2.24) is 9.80 Å². The molecule has 0 aliphatic carbocycles. The van der Waals surface area contributed by atoms with Crippen molar-refractivity contribution in [3.8, 4) is 0 Å². The number of aliphatic hydroxyl groups excluding tert-OH is 1. The van der Waals surface area contributed by atoms with E-state index in [0.29, 0.717) is 0 Å². The lowest BCUT2D eigenvalue weighted by molar-refractivity contribution is -0.157. The number of nitrogens with zero attached hydrogens (tertiary/aromatic N) is 2. The molecule has 0 spiro atoms. The Balaban J connectivity index is 2.04. The van der Waals surface area contributed by atoms with Crippen LogP contribution in [0.3, 0.4) is 0 Å². The fraction of sp³-hybridized carbons (Fsp3) is 0.714. The van der Waals surface area contributed by atoms with Crippen LogP contribution in [0.4, 0.5) is 0 Å². The fourth-order valence-electron chi connectivity index (χ4n) is 3.10. The molecule has 2 rings (SSSR count). The van der Waals surface area contributed by atoms with Gasteiger partial charge in [0, 0.05) is 19.4 Å². The molecule has 0 radical (unpaired) electrons. The maximum atomic E-state index is 12.4. The van der Waals surface area contributed by atoms with Crippen LogP contribution in [0.1, 0.15) is 12.8 Å². The molecule has 4 atom stereocenters. The van der Waals surface area contributed by atoms with E-state index in [9.17, 15) is 29.4 Å². The number of likely N-dealkylation sites (tertiary alicyclic amines) is 2. The highest BCUT2D eigenvalue weighted by atomic mass is 35.5. The van der Waals surface area contributed by atoms with Crippen LogP contribution in [-0.4, -0.2) is 92.9 Å². The molecular formula is C14H18Cl2N2O7. The number of β-amino-alcohol motifs (C(OH)–C–C–N with tert-alkyl or cyclic N) is 1. The van der Waals surface area contributed by atoms with Crippen molar-refractivity contribution in [2.24, 2.45) is 0 Å². The van der Waals surface area contributed by atoms with E-state index in [-0.39, 0.29) is 37.7 Å². The molecule has 0 aromatic rings. The van der Waals surface area contributed by atoms with Crippen LogP contribution < -0.4 is 0 Å². The molecule has 140 valence electrons. The quantitative estimate of drug-likeness (QED) is 0.452. The van der Waals surface area contributed by atoms with Gasteiger partial charge in [0.15, 0.2) is 0 Å². The summed E-state index contributed by atoms with van der Waals surface area (Å²) in [6, 6.07) is -2.11. The molecule has 2 saturated heterocycles. The number of carboxylic acid groups (broad SMARTS) is 1. The van der Waals surface area contributed by atoms with Gasteiger partial charge in [-0.05, 0) is 0 Å². The van der Waals surface area contributed by atoms with Gasteiger partial charge in [0.1, 0.15) is 29.9 Å². The number of aliphatic carboxylic acids is 1. The SMILES string of the molecule is O=C(O)[C@H]1C[C@@H](OC(=O)[C@H]2C[C@@H](O)CN2C(=O)CCl)CN1C(=O)CCl.